The van der Waals surface area contributed by atoms with Crippen LogP contribution >= 0.6 is 0 Å². The number of benzene rings is 1. The molecule has 1 fully saturated rings. The maximum absolute atomic E-state index is 13.2. The zero-order valence-corrected chi connectivity index (χ0v) is 15.4. The number of halogens is 1. The van der Waals surface area contributed by atoms with Crippen molar-refractivity contribution in [1.29, 1.82) is 0 Å². The largest absolute Gasteiger partial charge is 0.368 e. The van der Waals surface area contributed by atoms with E-state index in [1.807, 2.05) is 0 Å². The summed E-state index contributed by atoms with van der Waals surface area (Å²) in [5, 5.41) is 10.6. The van der Waals surface area contributed by atoms with Gasteiger partial charge in [-0.3, -0.25) is 9.89 Å². The van der Waals surface area contributed by atoms with Gasteiger partial charge in [-0.1, -0.05) is 5.16 Å². The first-order chi connectivity index (χ1) is 13.6. The Bertz CT molecular complexity index is 945. The van der Waals surface area contributed by atoms with Crippen LogP contribution in [0.3, 0.4) is 0 Å². The molecule has 1 amide bonds. The molecule has 2 aromatic heterocycles. The Hall–Kier alpha value is -3.07. The molecule has 0 atom stereocenters. The van der Waals surface area contributed by atoms with Gasteiger partial charge in [-0.25, -0.2) is 4.39 Å². The number of piperidine rings is 1. The number of hydrogen-bond acceptors (Lipinski definition) is 6. The number of amides is 1. The van der Waals surface area contributed by atoms with Crippen LogP contribution in [-0.4, -0.2) is 50.3 Å². The van der Waals surface area contributed by atoms with Crippen LogP contribution in [0.25, 0.3) is 11.3 Å². The van der Waals surface area contributed by atoms with Crippen molar-refractivity contribution in [2.24, 2.45) is 0 Å². The van der Waals surface area contributed by atoms with E-state index in [4.69, 9.17) is 9.26 Å². The summed E-state index contributed by atoms with van der Waals surface area (Å²) in [5.41, 5.74) is 1.79. The third-order valence-electron chi connectivity index (χ3n) is 4.74. The Balaban J connectivity index is 1.35. The van der Waals surface area contributed by atoms with Gasteiger partial charge in [-0.2, -0.15) is 10.1 Å². The number of aromatic amines is 1. The van der Waals surface area contributed by atoms with Crippen molar-refractivity contribution < 1.29 is 18.4 Å². The van der Waals surface area contributed by atoms with E-state index in [1.54, 1.807) is 24.0 Å². The first-order valence-electron chi connectivity index (χ1n) is 9.09. The van der Waals surface area contributed by atoms with Crippen molar-refractivity contribution in [2.75, 3.05) is 13.1 Å². The number of H-pyrrole nitrogens is 1. The molecule has 1 aliphatic rings. The molecule has 0 spiro atoms. The predicted molar refractivity (Wildman–Crippen MR) is 96.7 cm³/mol. The molecule has 0 radical (unpaired) electrons. The van der Waals surface area contributed by atoms with Crippen molar-refractivity contribution in [3.8, 4) is 11.3 Å². The Morgan fingerprint density at radius 1 is 1.32 bits per heavy atom. The van der Waals surface area contributed by atoms with Crippen molar-refractivity contribution in [1.82, 2.24) is 25.2 Å². The molecule has 4 rings (SSSR count). The second-order valence-electron chi connectivity index (χ2n) is 6.70. The van der Waals surface area contributed by atoms with Gasteiger partial charge in [0.1, 0.15) is 12.4 Å². The molecule has 0 unspecified atom stereocenters. The smallest absolute Gasteiger partial charge is 0.257 e. The fourth-order valence-corrected chi connectivity index (χ4v) is 3.27. The lowest BCUT2D eigenvalue weighted by atomic mass is 10.0. The number of rotatable bonds is 5. The summed E-state index contributed by atoms with van der Waals surface area (Å²) in [6.45, 7) is 3.20. The van der Waals surface area contributed by atoms with Gasteiger partial charge < -0.3 is 14.2 Å². The number of hydrogen-bond donors (Lipinski definition) is 1. The van der Waals surface area contributed by atoms with Gasteiger partial charge in [0.2, 0.25) is 0 Å². The minimum absolute atomic E-state index is 0.0391. The highest BCUT2D eigenvalue weighted by atomic mass is 19.1. The summed E-state index contributed by atoms with van der Waals surface area (Å²) >= 11 is 0. The van der Waals surface area contributed by atoms with E-state index in [0.717, 1.165) is 18.4 Å². The molecule has 3 heterocycles. The van der Waals surface area contributed by atoms with Crippen LogP contribution < -0.4 is 0 Å². The lowest BCUT2D eigenvalue weighted by Gasteiger charge is -2.31. The zero-order valence-electron chi connectivity index (χ0n) is 15.4. The number of aryl methyl sites for hydroxylation is 1. The summed E-state index contributed by atoms with van der Waals surface area (Å²) in [6, 6.07) is 5.97. The van der Waals surface area contributed by atoms with E-state index in [2.05, 4.69) is 20.3 Å². The molecular formula is C19H20FN5O3. The Morgan fingerprint density at radius 3 is 2.75 bits per heavy atom. The topological polar surface area (TPSA) is 97.1 Å². The average Bonchev–Trinajstić information content (AvgIpc) is 3.36. The monoisotopic (exact) mass is 385 g/mol. The fourth-order valence-electron chi connectivity index (χ4n) is 3.27. The summed E-state index contributed by atoms with van der Waals surface area (Å²) in [4.78, 5) is 18.8. The molecule has 9 heteroatoms. The quantitative estimate of drug-likeness (QED) is 0.725. The van der Waals surface area contributed by atoms with Gasteiger partial charge in [0, 0.05) is 18.7 Å². The standard InChI is InChI=1S/C19H20FN5O3/c1-12-22-17(28-24-12)11-27-15-6-8-25(9-7-15)19(26)16-10-21-23-18(16)13-2-4-14(20)5-3-13/h2-5,10,15H,6-9,11H2,1H3,(H,21,23). The number of nitrogens with one attached hydrogen (secondary N) is 1. The van der Waals surface area contributed by atoms with Crippen LogP contribution in [0.15, 0.2) is 35.0 Å². The molecule has 1 aromatic carbocycles. The Morgan fingerprint density at radius 2 is 2.07 bits per heavy atom. The van der Waals surface area contributed by atoms with E-state index in [-0.39, 0.29) is 24.4 Å². The van der Waals surface area contributed by atoms with Crippen LogP contribution in [0.2, 0.25) is 0 Å². The first-order valence-corrected chi connectivity index (χ1v) is 9.09. The molecule has 0 saturated carbocycles. The van der Waals surface area contributed by atoms with E-state index < -0.39 is 0 Å². The van der Waals surface area contributed by atoms with Crippen LogP contribution in [-0.2, 0) is 11.3 Å². The van der Waals surface area contributed by atoms with Crippen LogP contribution in [0.4, 0.5) is 4.39 Å². The Labute approximate surface area is 160 Å². The number of carbonyl (C=O) groups is 1. The third kappa shape index (κ3) is 3.94. The molecule has 1 saturated heterocycles. The molecule has 0 bridgehead atoms. The summed E-state index contributed by atoms with van der Waals surface area (Å²) in [6.07, 6.45) is 3.00. The number of carbonyl (C=O) groups excluding carboxylic acids is 1. The van der Waals surface area contributed by atoms with Gasteiger partial charge >= 0.3 is 0 Å². The molecule has 1 aliphatic heterocycles. The minimum atomic E-state index is -0.325. The first kappa shape index (κ1) is 18.3. The molecular weight excluding hydrogens is 365 g/mol. The highest BCUT2D eigenvalue weighted by Gasteiger charge is 2.27. The van der Waals surface area contributed by atoms with Gasteiger partial charge in [0.25, 0.3) is 11.8 Å². The molecule has 146 valence electrons. The number of likely N-dealkylation sites (tertiary alicyclic amines) is 1. The Kier molecular flexibility index (Phi) is 5.16. The summed E-state index contributed by atoms with van der Waals surface area (Å²) < 4.78 is 24.0. The van der Waals surface area contributed by atoms with E-state index in [9.17, 15) is 9.18 Å². The third-order valence-corrected chi connectivity index (χ3v) is 4.74. The van der Waals surface area contributed by atoms with Crippen LogP contribution in [0.1, 0.15) is 34.9 Å². The molecule has 8 nitrogen and oxygen atoms in total. The van der Waals surface area contributed by atoms with Crippen LogP contribution in [0, 0.1) is 12.7 Å². The number of nitrogens with zero attached hydrogens (tertiary/aromatic N) is 4. The zero-order chi connectivity index (χ0) is 19.5. The van der Waals surface area contributed by atoms with Crippen molar-refractivity contribution in [3.05, 3.63) is 53.6 Å². The average molecular weight is 385 g/mol. The number of ether oxygens (including phenoxy) is 1. The lowest BCUT2D eigenvalue weighted by molar-refractivity contribution is -0.00976. The van der Waals surface area contributed by atoms with E-state index >= 15 is 0 Å². The molecule has 0 aliphatic carbocycles. The molecule has 3 aromatic rings. The minimum Gasteiger partial charge on any atom is -0.368 e. The highest BCUT2D eigenvalue weighted by molar-refractivity contribution is 5.99. The summed E-state index contributed by atoms with van der Waals surface area (Å²) in [5.74, 6) is 0.613. The highest BCUT2D eigenvalue weighted by Crippen LogP contribution is 2.24. The molecule has 1 N–H and O–H groups in total. The SMILES string of the molecule is Cc1noc(COC2CCN(C(=O)c3cn[nH]c3-c3ccc(F)cc3)CC2)n1. The van der Waals surface area contributed by atoms with Crippen molar-refractivity contribution in [3.63, 3.8) is 0 Å². The van der Waals surface area contributed by atoms with Crippen molar-refractivity contribution >= 4 is 5.91 Å². The van der Waals surface area contributed by atoms with E-state index in [0.29, 0.717) is 36.1 Å². The van der Waals surface area contributed by atoms with Gasteiger partial charge in [-0.05, 0) is 44.0 Å². The van der Waals surface area contributed by atoms with Crippen LogP contribution in [0.5, 0.6) is 0 Å². The molecule has 28 heavy (non-hydrogen) atoms. The maximum atomic E-state index is 13.2. The van der Waals surface area contributed by atoms with Crippen molar-refractivity contribution in [2.45, 2.75) is 32.5 Å². The van der Waals surface area contributed by atoms with Gasteiger partial charge in [-0.15, -0.1) is 0 Å². The second-order valence-corrected chi connectivity index (χ2v) is 6.70. The summed E-state index contributed by atoms with van der Waals surface area (Å²) in [7, 11) is 0. The maximum Gasteiger partial charge on any atom is 0.257 e. The normalized spacial score (nSPS) is 15.1. The number of aromatic nitrogens is 4. The van der Waals surface area contributed by atoms with E-state index in [1.165, 1.54) is 18.3 Å². The fraction of sp³-hybridized carbons (Fsp3) is 0.368. The predicted octanol–water partition coefficient (Wildman–Crippen LogP) is 2.73. The lowest BCUT2D eigenvalue weighted by Crippen LogP contribution is -2.40. The van der Waals surface area contributed by atoms with Gasteiger partial charge in [0.05, 0.1) is 23.6 Å². The van der Waals surface area contributed by atoms with Gasteiger partial charge in [0.15, 0.2) is 5.82 Å². The second kappa shape index (κ2) is 7.89.